The number of carbonyl (C=O) groups excluding carboxylic acids is 1. The van der Waals surface area contributed by atoms with Crippen molar-refractivity contribution in [1.82, 2.24) is 0 Å². The number of carbonyl (C=O) groups is 1. The van der Waals surface area contributed by atoms with Crippen molar-refractivity contribution in [2.75, 3.05) is 17.6 Å². The van der Waals surface area contributed by atoms with Gasteiger partial charge in [0.25, 0.3) is 0 Å². The van der Waals surface area contributed by atoms with Crippen LogP contribution in [-0.4, -0.2) is 23.0 Å². The van der Waals surface area contributed by atoms with Gasteiger partial charge in [-0.1, -0.05) is 23.4 Å². The van der Waals surface area contributed by atoms with Crippen molar-refractivity contribution >= 4 is 35.0 Å². The summed E-state index contributed by atoms with van der Waals surface area (Å²) in [4.78, 5) is 12.4. The molecule has 1 heterocycles. The van der Waals surface area contributed by atoms with E-state index >= 15 is 0 Å². The van der Waals surface area contributed by atoms with E-state index in [4.69, 9.17) is 17.3 Å². The maximum Gasteiger partial charge on any atom is 0.240 e. The van der Waals surface area contributed by atoms with Crippen LogP contribution in [-0.2, 0) is 4.79 Å². The first-order valence-corrected chi connectivity index (χ1v) is 7.85. The largest absolute Gasteiger partial charge is 0.324 e. The van der Waals surface area contributed by atoms with Gasteiger partial charge in [0.1, 0.15) is 0 Å². The molecule has 0 saturated carbocycles. The number of nitrogens with one attached hydrogen (secondary N) is 1. The monoisotopic (exact) mass is 308 g/mol. The third-order valence-electron chi connectivity index (χ3n) is 3.25. The van der Waals surface area contributed by atoms with Crippen LogP contribution in [0.5, 0.6) is 0 Å². The highest BCUT2D eigenvalue weighted by Crippen LogP contribution is 2.39. The Morgan fingerprint density at radius 1 is 1.60 bits per heavy atom. The molecule has 0 spiro atoms. The average Bonchev–Trinajstić information content (AvgIpc) is 2.88. The molecule has 1 amide bonds. The number of nitrogens with two attached hydrogens (primary N) is 1. The van der Waals surface area contributed by atoms with Gasteiger partial charge in [-0.15, -0.1) is 11.8 Å². The van der Waals surface area contributed by atoms with Crippen LogP contribution < -0.4 is 11.1 Å². The molecule has 3 nitrogen and oxygen atoms in total. The Labute approximate surface area is 128 Å². The first kappa shape index (κ1) is 15.2. The molecule has 1 aliphatic heterocycles. The van der Waals surface area contributed by atoms with Crippen molar-refractivity contribution in [3.05, 3.63) is 28.8 Å². The first-order valence-electron chi connectivity index (χ1n) is 6.49. The van der Waals surface area contributed by atoms with E-state index in [0.29, 0.717) is 17.3 Å². The van der Waals surface area contributed by atoms with Gasteiger partial charge in [-0.3, -0.25) is 4.79 Å². The fraction of sp³-hybridized carbons (Fsp3) is 0.400. The summed E-state index contributed by atoms with van der Waals surface area (Å²) in [5, 5.41) is 3.44. The van der Waals surface area contributed by atoms with Crippen molar-refractivity contribution in [3.63, 3.8) is 0 Å². The third-order valence-corrected chi connectivity index (χ3v) is 5.10. The first-order chi connectivity index (χ1) is 9.55. The van der Waals surface area contributed by atoms with Crippen molar-refractivity contribution < 1.29 is 4.79 Å². The second-order valence-corrected chi connectivity index (χ2v) is 6.84. The maximum absolute atomic E-state index is 12.4. The van der Waals surface area contributed by atoms with Crippen LogP contribution in [0.1, 0.15) is 25.3 Å². The molecule has 1 fully saturated rings. The predicted molar refractivity (Wildman–Crippen MR) is 86.1 cm³/mol. The normalized spacial score (nSPS) is 21.1. The summed E-state index contributed by atoms with van der Waals surface area (Å²) in [5.74, 6) is 6.75. The highest BCUT2D eigenvalue weighted by atomic mass is 35.5. The summed E-state index contributed by atoms with van der Waals surface area (Å²) in [5.41, 5.74) is 6.75. The lowest BCUT2D eigenvalue weighted by Gasteiger charge is -2.21. The molecular weight excluding hydrogens is 292 g/mol. The topological polar surface area (TPSA) is 55.1 Å². The zero-order chi connectivity index (χ0) is 14.6. The quantitative estimate of drug-likeness (QED) is 0.826. The van der Waals surface area contributed by atoms with Gasteiger partial charge >= 0.3 is 0 Å². The van der Waals surface area contributed by atoms with E-state index in [2.05, 4.69) is 17.2 Å². The minimum Gasteiger partial charge on any atom is -0.324 e. The molecule has 0 radical (unpaired) electrons. The van der Waals surface area contributed by atoms with E-state index in [1.54, 1.807) is 23.9 Å². The summed E-state index contributed by atoms with van der Waals surface area (Å²) in [6, 6.07) is 5.33. The van der Waals surface area contributed by atoms with Gasteiger partial charge in [0.15, 0.2) is 0 Å². The fourth-order valence-corrected chi connectivity index (χ4v) is 3.44. The third kappa shape index (κ3) is 3.49. The summed E-state index contributed by atoms with van der Waals surface area (Å²) < 4.78 is -0.359. The van der Waals surface area contributed by atoms with E-state index < -0.39 is 0 Å². The van der Waals surface area contributed by atoms with Gasteiger partial charge in [-0.2, -0.15) is 0 Å². The SMILES string of the molecule is CC1(C(=O)Nc2cc(C#CCN)ccc2Cl)CCCS1. The number of halogens is 1. The molecule has 1 atom stereocenters. The summed E-state index contributed by atoms with van der Waals surface area (Å²) in [6.45, 7) is 2.28. The molecule has 5 heteroatoms. The van der Waals surface area contributed by atoms with Crippen LogP contribution >= 0.6 is 23.4 Å². The number of benzene rings is 1. The van der Waals surface area contributed by atoms with Crippen molar-refractivity contribution in [3.8, 4) is 11.8 Å². The van der Waals surface area contributed by atoms with Gasteiger partial charge in [0, 0.05) is 5.56 Å². The Morgan fingerprint density at radius 3 is 3.05 bits per heavy atom. The zero-order valence-corrected chi connectivity index (χ0v) is 12.9. The molecule has 2 rings (SSSR count). The smallest absolute Gasteiger partial charge is 0.240 e. The molecule has 1 aromatic rings. The number of amides is 1. The van der Waals surface area contributed by atoms with Crippen LogP contribution in [0.4, 0.5) is 5.69 Å². The Morgan fingerprint density at radius 2 is 2.40 bits per heavy atom. The van der Waals surface area contributed by atoms with Gasteiger partial charge in [0.05, 0.1) is 22.0 Å². The fourth-order valence-electron chi connectivity index (χ4n) is 2.06. The Hall–Kier alpha value is -1.15. The lowest BCUT2D eigenvalue weighted by molar-refractivity contribution is -0.118. The van der Waals surface area contributed by atoms with Gasteiger partial charge < -0.3 is 11.1 Å². The van der Waals surface area contributed by atoms with Crippen LogP contribution in [0.25, 0.3) is 0 Å². The average molecular weight is 309 g/mol. The van der Waals surface area contributed by atoms with E-state index in [0.717, 1.165) is 24.2 Å². The molecule has 1 aliphatic rings. The second kappa shape index (κ2) is 6.53. The van der Waals surface area contributed by atoms with Crippen molar-refractivity contribution in [2.45, 2.75) is 24.5 Å². The van der Waals surface area contributed by atoms with Crippen LogP contribution in [0, 0.1) is 11.8 Å². The molecule has 1 unspecified atom stereocenters. The van der Waals surface area contributed by atoms with Gasteiger partial charge in [-0.05, 0) is 43.7 Å². The van der Waals surface area contributed by atoms with Crippen LogP contribution in [0.2, 0.25) is 5.02 Å². The summed E-state index contributed by atoms with van der Waals surface area (Å²) in [7, 11) is 0. The van der Waals surface area contributed by atoms with E-state index in [9.17, 15) is 4.79 Å². The highest BCUT2D eigenvalue weighted by molar-refractivity contribution is 8.01. The molecule has 1 saturated heterocycles. The lowest BCUT2D eigenvalue weighted by atomic mass is 10.0. The lowest BCUT2D eigenvalue weighted by Crippen LogP contribution is -2.34. The highest BCUT2D eigenvalue weighted by Gasteiger charge is 2.37. The Balaban J connectivity index is 2.18. The van der Waals surface area contributed by atoms with Gasteiger partial charge in [0.2, 0.25) is 5.91 Å². The molecule has 0 aliphatic carbocycles. The van der Waals surface area contributed by atoms with E-state index in [1.165, 1.54) is 0 Å². The number of hydrogen-bond acceptors (Lipinski definition) is 3. The molecule has 20 heavy (non-hydrogen) atoms. The van der Waals surface area contributed by atoms with Crippen LogP contribution in [0.3, 0.4) is 0 Å². The summed E-state index contributed by atoms with van der Waals surface area (Å²) in [6.07, 6.45) is 1.97. The van der Waals surface area contributed by atoms with E-state index in [-0.39, 0.29) is 10.7 Å². The molecular formula is C15H17ClN2OS. The number of anilines is 1. The van der Waals surface area contributed by atoms with Crippen molar-refractivity contribution in [1.29, 1.82) is 0 Å². The minimum atomic E-state index is -0.359. The molecule has 1 aromatic carbocycles. The zero-order valence-electron chi connectivity index (χ0n) is 11.3. The maximum atomic E-state index is 12.4. The Kier molecular flexibility index (Phi) is 4.98. The minimum absolute atomic E-state index is 0.00540. The predicted octanol–water partition coefficient (Wildman–Crippen LogP) is 2.87. The van der Waals surface area contributed by atoms with Crippen LogP contribution in [0.15, 0.2) is 18.2 Å². The Bertz CT molecular complexity index is 571. The number of rotatable bonds is 2. The van der Waals surface area contributed by atoms with Gasteiger partial charge in [-0.25, -0.2) is 0 Å². The number of hydrogen-bond donors (Lipinski definition) is 2. The standard InChI is InChI=1S/C15H17ClN2OS/c1-15(7-3-9-20-15)14(19)18-13-10-11(4-2-8-17)5-6-12(13)16/h5-6,10H,3,7-9,17H2,1H3,(H,18,19). The van der Waals surface area contributed by atoms with Crippen molar-refractivity contribution in [2.24, 2.45) is 5.73 Å². The summed E-state index contributed by atoms with van der Waals surface area (Å²) >= 11 is 7.83. The molecule has 0 bridgehead atoms. The number of thioether (sulfide) groups is 1. The van der Waals surface area contributed by atoms with E-state index in [1.807, 2.05) is 13.0 Å². The molecule has 106 valence electrons. The molecule has 3 N–H and O–H groups in total. The second-order valence-electron chi connectivity index (χ2n) is 4.84. The molecule has 0 aromatic heterocycles.